The van der Waals surface area contributed by atoms with Crippen molar-refractivity contribution in [2.75, 3.05) is 13.2 Å². The zero-order valence-electron chi connectivity index (χ0n) is 4.89. The summed E-state index contributed by atoms with van der Waals surface area (Å²) < 4.78 is 4.69. The van der Waals surface area contributed by atoms with Gasteiger partial charge in [0, 0.05) is 0 Å². The molecule has 0 saturated carbocycles. The molecule has 1 rings (SSSR count). The summed E-state index contributed by atoms with van der Waals surface area (Å²) in [4.78, 5) is 10.6. The smallest absolute Gasteiger partial charge is 0.252 e. The molecule has 1 amide bonds. The Balaban J connectivity index is 2.12. The van der Waals surface area contributed by atoms with Crippen LogP contribution in [0.4, 0.5) is 0 Å². The zero-order valence-corrected chi connectivity index (χ0v) is 4.89. The summed E-state index contributed by atoms with van der Waals surface area (Å²) in [5.41, 5.74) is 0. The first-order valence-corrected chi connectivity index (χ1v) is 2.67. The molecule has 3 heteroatoms. The average molecular weight is 125 g/mol. The molecule has 0 radical (unpaired) electrons. The van der Waals surface area contributed by atoms with E-state index in [0.717, 1.165) is 0 Å². The van der Waals surface area contributed by atoms with E-state index in [2.05, 4.69) is 16.0 Å². The van der Waals surface area contributed by atoms with Gasteiger partial charge in [0.05, 0.1) is 13.2 Å². The maximum absolute atomic E-state index is 10.6. The lowest BCUT2D eigenvalue weighted by Gasteiger charge is -1.93. The zero-order chi connectivity index (χ0) is 6.69. The molecule has 1 heterocycles. The summed E-state index contributed by atoms with van der Waals surface area (Å²) in [7, 11) is 0. The van der Waals surface area contributed by atoms with Crippen LogP contribution in [0, 0.1) is 12.3 Å². The Morgan fingerprint density at radius 2 is 2.67 bits per heavy atom. The van der Waals surface area contributed by atoms with Crippen LogP contribution < -0.4 is 5.32 Å². The summed E-state index contributed by atoms with van der Waals surface area (Å²) in [5, 5.41) is 2.49. The van der Waals surface area contributed by atoms with Crippen molar-refractivity contribution < 1.29 is 9.53 Å². The molecule has 0 aliphatic carbocycles. The van der Waals surface area contributed by atoms with Crippen molar-refractivity contribution in [1.29, 1.82) is 0 Å². The minimum atomic E-state index is -0.224. The van der Waals surface area contributed by atoms with Crippen LogP contribution in [0.3, 0.4) is 0 Å². The van der Waals surface area contributed by atoms with Crippen LogP contribution >= 0.6 is 0 Å². The Kier molecular flexibility index (Phi) is 1.71. The number of amides is 1. The van der Waals surface area contributed by atoms with Crippen LogP contribution in [0.15, 0.2) is 0 Å². The molecule has 1 fully saturated rings. The summed E-state index contributed by atoms with van der Waals surface area (Å²) in [6.07, 6.45) is 4.67. The molecule has 1 unspecified atom stereocenters. The van der Waals surface area contributed by atoms with E-state index in [4.69, 9.17) is 6.42 Å². The number of hydrogen-bond donors (Lipinski definition) is 1. The fourth-order valence-corrected chi connectivity index (χ4v) is 0.451. The van der Waals surface area contributed by atoms with Gasteiger partial charge in [-0.05, 0) is 0 Å². The summed E-state index contributed by atoms with van der Waals surface area (Å²) in [6, 6.07) is 0. The number of epoxide rings is 1. The minimum absolute atomic E-state index is 0.104. The van der Waals surface area contributed by atoms with Crippen molar-refractivity contribution in [3.05, 3.63) is 0 Å². The number of carbonyl (C=O) groups is 1. The summed E-state index contributed by atoms with van der Waals surface area (Å²) in [6.45, 7) is 0.828. The van der Waals surface area contributed by atoms with E-state index >= 15 is 0 Å². The van der Waals surface area contributed by atoms with E-state index in [9.17, 15) is 4.79 Å². The second kappa shape index (κ2) is 2.51. The summed E-state index contributed by atoms with van der Waals surface area (Å²) >= 11 is 0. The lowest BCUT2D eigenvalue weighted by molar-refractivity contribution is -0.122. The third kappa shape index (κ3) is 1.74. The van der Waals surface area contributed by atoms with Crippen LogP contribution in [0.1, 0.15) is 0 Å². The Hall–Kier alpha value is -1.01. The molecule has 0 aromatic carbocycles. The van der Waals surface area contributed by atoms with Crippen molar-refractivity contribution in [2.45, 2.75) is 6.10 Å². The average Bonchev–Trinajstić information content (AvgIpc) is 2.63. The third-order valence-corrected chi connectivity index (χ3v) is 0.990. The predicted octanol–water partition coefficient (Wildman–Crippen LogP) is -0.865. The van der Waals surface area contributed by atoms with Crippen molar-refractivity contribution >= 4 is 5.91 Å². The van der Waals surface area contributed by atoms with Gasteiger partial charge in [-0.1, -0.05) is 5.92 Å². The third-order valence-electron chi connectivity index (χ3n) is 0.990. The van der Waals surface area contributed by atoms with Gasteiger partial charge in [0.15, 0.2) is 6.10 Å². The van der Waals surface area contributed by atoms with E-state index < -0.39 is 0 Å². The first kappa shape index (κ1) is 6.12. The van der Waals surface area contributed by atoms with E-state index in [1.165, 1.54) is 0 Å². The maximum atomic E-state index is 10.6. The molecule has 0 bridgehead atoms. The van der Waals surface area contributed by atoms with Gasteiger partial charge in [0.25, 0.3) is 5.91 Å². The highest BCUT2D eigenvalue weighted by Gasteiger charge is 2.30. The van der Waals surface area contributed by atoms with Crippen LogP contribution in [-0.4, -0.2) is 25.2 Å². The molecule has 1 atom stereocenters. The van der Waals surface area contributed by atoms with E-state index in [0.29, 0.717) is 13.2 Å². The molecule has 3 nitrogen and oxygen atoms in total. The quantitative estimate of drug-likeness (QED) is 0.385. The van der Waals surface area contributed by atoms with Gasteiger partial charge in [-0.3, -0.25) is 4.79 Å². The highest BCUT2D eigenvalue weighted by Crippen LogP contribution is 2.07. The molecular weight excluding hydrogens is 118 g/mol. The lowest BCUT2D eigenvalue weighted by atomic mass is 10.4. The van der Waals surface area contributed by atoms with Crippen LogP contribution in [-0.2, 0) is 9.53 Å². The molecule has 1 aliphatic rings. The fourth-order valence-electron chi connectivity index (χ4n) is 0.451. The van der Waals surface area contributed by atoms with Crippen molar-refractivity contribution in [2.24, 2.45) is 0 Å². The topological polar surface area (TPSA) is 41.6 Å². The Bertz CT molecular complexity index is 155. The molecule has 0 aromatic heterocycles. The fraction of sp³-hybridized carbons (Fsp3) is 0.500. The number of hydrogen-bond acceptors (Lipinski definition) is 2. The monoisotopic (exact) mass is 125 g/mol. The van der Waals surface area contributed by atoms with Crippen molar-refractivity contribution in [1.82, 2.24) is 5.32 Å². The molecule has 48 valence electrons. The number of carbonyl (C=O) groups excluding carboxylic acids is 1. The standard InChI is InChI=1S/C6H7NO2/c1-2-3-7-6(8)5-4-9-5/h1,5H,3-4H2,(H,7,8). The van der Waals surface area contributed by atoms with Crippen molar-refractivity contribution in [3.8, 4) is 12.3 Å². The molecular formula is C6H7NO2. The molecule has 0 aromatic rings. The lowest BCUT2D eigenvalue weighted by Crippen LogP contribution is -2.27. The van der Waals surface area contributed by atoms with Gasteiger partial charge in [-0.2, -0.15) is 0 Å². The molecule has 9 heavy (non-hydrogen) atoms. The SMILES string of the molecule is C#CCNC(=O)C1CO1. The van der Waals surface area contributed by atoms with Crippen molar-refractivity contribution in [3.63, 3.8) is 0 Å². The Morgan fingerprint density at radius 3 is 3.11 bits per heavy atom. The van der Waals surface area contributed by atoms with Crippen LogP contribution in [0.25, 0.3) is 0 Å². The number of nitrogens with one attached hydrogen (secondary N) is 1. The van der Waals surface area contributed by atoms with Gasteiger partial charge in [0.2, 0.25) is 0 Å². The molecule has 1 aliphatic heterocycles. The normalized spacial score (nSPS) is 22.3. The minimum Gasteiger partial charge on any atom is -0.363 e. The van der Waals surface area contributed by atoms with E-state index in [1.54, 1.807) is 0 Å². The second-order valence-corrected chi connectivity index (χ2v) is 1.74. The number of ether oxygens (including phenoxy) is 1. The van der Waals surface area contributed by atoms with Gasteiger partial charge in [-0.25, -0.2) is 0 Å². The molecule has 1 N–H and O–H groups in total. The number of terminal acetylenes is 1. The first-order chi connectivity index (χ1) is 4.34. The number of rotatable bonds is 2. The van der Waals surface area contributed by atoms with Crippen LogP contribution in [0.2, 0.25) is 0 Å². The van der Waals surface area contributed by atoms with E-state index in [-0.39, 0.29) is 12.0 Å². The second-order valence-electron chi connectivity index (χ2n) is 1.74. The summed E-state index contributed by atoms with van der Waals surface area (Å²) in [5.74, 6) is 2.19. The van der Waals surface area contributed by atoms with E-state index in [1.807, 2.05) is 0 Å². The predicted molar refractivity (Wildman–Crippen MR) is 31.6 cm³/mol. The first-order valence-electron chi connectivity index (χ1n) is 2.67. The van der Waals surface area contributed by atoms with Gasteiger partial charge < -0.3 is 10.1 Å². The Labute approximate surface area is 53.4 Å². The Morgan fingerprint density at radius 1 is 2.00 bits per heavy atom. The van der Waals surface area contributed by atoms with Gasteiger partial charge >= 0.3 is 0 Å². The van der Waals surface area contributed by atoms with Gasteiger partial charge in [0.1, 0.15) is 0 Å². The molecule has 1 saturated heterocycles. The molecule has 0 spiro atoms. The largest absolute Gasteiger partial charge is 0.363 e. The van der Waals surface area contributed by atoms with Gasteiger partial charge in [-0.15, -0.1) is 6.42 Å². The highest BCUT2D eigenvalue weighted by atomic mass is 16.6. The van der Waals surface area contributed by atoms with Crippen LogP contribution in [0.5, 0.6) is 0 Å². The maximum Gasteiger partial charge on any atom is 0.252 e. The highest BCUT2D eigenvalue weighted by molar-refractivity contribution is 5.82.